The zero-order valence-electron chi connectivity index (χ0n) is 8.59. The molecule has 0 aromatic heterocycles. The summed E-state index contributed by atoms with van der Waals surface area (Å²) in [5.74, 6) is 0.391. The highest BCUT2D eigenvalue weighted by Gasteiger charge is 2.09. The topological polar surface area (TPSA) is 21.3 Å². The number of likely N-dealkylation sites (N-methyl/N-ethyl adjacent to an activating group) is 1. The van der Waals surface area contributed by atoms with E-state index in [4.69, 9.17) is 16.3 Å². The molecule has 2 nitrogen and oxygen atoms in total. The van der Waals surface area contributed by atoms with Crippen molar-refractivity contribution in [1.29, 1.82) is 0 Å². The van der Waals surface area contributed by atoms with Crippen molar-refractivity contribution in [1.82, 2.24) is 5.32 Å². The van der Waals surface area contributed by atoms with Crippen molar-refractivity contribution in [3.63, 3.8) is 0 Å². The minimum atomic E-state index is 0.391. The summed E-state index contributed by atoms with van der Waals surface area (Å²) in [6, 6.07) is 7.91. The Kier molecular flexibility index (Phi) is 4.94. The fourth-order valence-electron chi connectivity index (χ4n) is 1.46. The van der Waals surface area contributed by atoms with E-state index in [0.717, 1.165) is 18.2 Å². The summed E-state index contributed by atoms with van der Waals surface area (Å²) in [7, 11) is 3.66. The molecule has 78 valence electrons. The monoisotopic (exact) mass is 213 g/mol. The fourth-order valence-corrected chi connectivity index (χ4v) is 1.58. The van der Waals surface area contributed by atoms with E-state index in [9.17, 15) is 0 Å². The SMILES string of the molecule is CNCC(COC)c1ccc(Cl)cc1. The first-order chi connectivity index (χ1) is 6.77. The van der Waals surface area contributed by atoms with E-state index in [1.54, 1.807) is 7.11 Å². The van der Waals surface area contributed by atoms with Crippen LogP contribution in [0.3, 0.4) is 0 Å². The second-order valence-corrected chi connectivity index (χ2v) is 3.70. The van der Waals surface area contributed by atoms with Gasteiger partial charge in [-0.05, 0) is 24.7 Å². The van der Waals surface area contributed by atoms with E-state index in [1.165, 1.54) is 5.56 Å². The molecule has 1 atom stereocenters. The molecular weight excluding hydrogens is 198 g/mol. The van der Waals surface area contributed by atoms with Gasteiger partial charge in [0.05, 0.1) is 6.61 Å². The predicted molar refractivity (Wildman–Crippen MR) is 60.0 cm³/mol. The summed E-state index contributed by atoms with van der Waals surface area (Å²) in [6.07, 6.45) is 0. The van der Waals surface area contributed by atoms with Crippen molar-refractivity contribution in [3.05, 3.63) is 34.9 Å². The fraction of sp³-hybridized carbons (Fsp3) is 0.455. The molecule has 14 heavy (non-hydrogen) atoms. The molecular formula is C11H16ClNO. The highest BCUT2D eigenvalue weighted by Crippen LogP contribution is 2.18. The first-order valence-electron chi connectivity index (χ1n) is 4.67. The largest absolute Gasteiger partial charge is 0.384 e. The lowest BCUT2D eigenvalue weighted by Gasteiger charge is -2.15. The molecule has 0 saturated heterocycles. The van der Waals surface area contributed by atoms with Gasteiger partial charge in [-0.1, -0.05) is 23.7 Å². The van der Waals surface area contributed by atoms with Crippen LogP contribution in [0.5, 0.6) is 0 Å². The number of benzene rings is 1. The molecule has 1 aromatic carbocycles. The average Bonchev–Trinajstić information content (AvgIpc) is 2.19. The molecule has 1 rings (SSSR count). The number of ether oxygens (including phenoxy) is 1. The van der Waals surface area contributed by atoms with Gasteiger partial charge in [0.15, 0.2) is 0 Å². The Labute approximate surface area is 90.2 Å². The second-order valence-electron chi connectivity index (χ2n) is 3.26. The second kappa shape index (κ2) is 6.02. The Morgan fingerprint density at radius 1 is 1.36 bits per heavy atom. The number of rotatable bonds is 5. The van der Waals surface area contributed by atoms with Crippen molar-refractivity contribution >= 4 is 11.6 Å². The van der Waals surface area contributed by atoms with Crippen LogP contribution in [0.4, 0.5) is 0 Å². The zero-order chi connectivity index (χ0) is 10.4. The standard InChI is InChI=1S/C11H16ClNO/c1-13-7-10(8-14-2)9-3-5-11(12)6-4-9/h3-6,10,13H,7-8H2,1-2H3. The lowest BCUT2D eigenvalue weighted by Crippen LogP contribution is -2.20. The van der Waals surface area contributed by atoms with Crippen LogP contribution in [0.25, 0.3) is 0 Å². The van der Waals surface area contributed by atoms with Crippen molar-refractivity contribution < 1.29 is 4.74 Å². The molecule has 1 N–H and O–H groups in total. The Morgan fingerprint density at radius 2 is 2.00 bits per heavy atom. The molecule has 0 saturated carbocycles. The molecule has 0 bridgehead atoms. The van der Waals surface area contributed by atoms with Gasteiger partial charge in [-0.3, -0.25) is 0 Å². The van der Waals surface area contributed by atoms with Gasteiger partial charge in [-0.15, -0.1) is 0 Å². The molecule has 0 aliphatic rings. The molecule has 0 aliphatic carbocycles. The van der Waals surface area contributed by atoms with E-state index in [0.29, 0.717) is 5.92 Å². The number of methoxy groups -OCH3 is 1. The minimum Gasteiger partial charge on any atom is -0.384 e. The molecule has 0 heterocycles. The highest BCUT2D eigenvalue weighted by molar-refractivity contribution is 6.30. The average molecular weight is 214 g/mol. The van der Waals surface area contributed by atoms with Crippen LogP contribution in [-0.4, -0.2) is 27.3 Å². The Morgan fingerprint density at radius 3 is 2.50 bits per heavy atom. The summed E-state index contributed by atoms with van der Waals surface area (Å²) < 4.78 is 5.17. The van der Waals surface area contributed by atoms with Crippen molar-refractivity contribution in [2.24, 2.45) is 0 Å². The third-order valence-corrected chi connectivity index (χ3v) is 2.41. The summed E-state index contributed by atoms with van der Waals surface area (Å²) in [5.41, 5.74) is 1.26. The van der Waals surface area contributed by atoms with Gasteiger partial charge < -0.3 is 10.1 Å². The lowest BCUT2D eigenvalue weighted by molar-refractivity contribution is 0.178. The normalized spacial score (nSPS) is 12.8. The van der Waals surface area contributed by atoms with Gasteiger partial charge in [-0.2, -0.15) is 0 Å². The summed E-state index contributed by atoms with van der Waals surface area (Å²) >= 11 is 5.82. The first kappa shape index (κ1) is 11.5. The molecule has 0 aliphatic heterocycles. The van der Waals surface area contributed by atoms with Gasteiger partial charge in [0, 0.05) is 24.6 Å². The van der Waals surface area contributed by atoms with E-state index in [2.05, 4.69) is 5.32 Å². The number of nitrogens with one attached hydrogen (secondary N) is 1. The van der Waals surface area contributed by atoms with E-state index < -0.39 is 0 Å². The third kappa shape index (κ3) is 3.29. The maximum Gasteiger partial charge on any atom is 0.0543 e. The van der Waals surface area contributed by atoms with Gasteiger partial charge in [-0.25, -0.2) is 0 Å². The third-order valence-electron chi connectivity index (χ3n) is 2.16. The quantitative estimate of drug-likeness (QED) is 0.811. The van der Waals surface area contributed by atoms with Crippen molar-refractivity contribution in [3.8, 4) is 0 Å². The van der Waals surface area contributed by atoms with Crippen LogP contribution < -0.4 is 5.32 Å². The van der Waals surface area contributed by atoms with Gasteiger partial charge in [0.2, 0.25) is 0 Å². The van der Waals surface area contributed by atoms with Crippen molar-refractivity contribution in [2.45, 2.75) is 5.92 Å². The molecule has 0 radical (unpaired) electrons. The van der Waals surface area contributed by atoms with Gasteiger partial charge in [0.1, 0.15) is 0 Å². The van der Waals surface area contributed by atoms with Crippen LogP contribution in [0.15, 0.2) is 24.3 Å². The molecule has 3 heteroatoms. The maximum atomic E-state index is 5.82. The molecule has 1 unspecified atom stereocenters. The maximum absolute atomic E-state index is 5.82. The van der Waals surface area contributed by atoms with E-state index in [-0.39, 0.29) is 0 Å². The molecule has 0 spiro atoms. The summed E-state index contributed by atoms with van der Waals surface area (Å²) in [5, 5.41) is 3.93. The van der Waals surface area contributed by atoms with Crippen LogP contribution in [0.1, 0.15) is 11.5 Å². The summed E-state index contributed by atoms with van der Waals surface area (Å²) in [6.45, 7) is 1.64. The number of hydrogen-bond donors (Lipinski definition) is 1. The van der Waals surface area contributed by atoms with Crippen LogP contribution in [0.2, 0.25) is 5.02 Å². The Hall–Kier alpha value is -0.570. The number of halogens is 1. The molecule has 1 aromatic rings. The van der Waals surface area contributed by atoms with Gasteiger partial charge in [0.25, 0.3) is 0 Å². The Bertz CT molecular complexity index is 254. The minimum absolute atomic E-state index is 0.391. The van der Waals surface area contributed by atoms with Crippen molar-refractivity contribution in [2.75, 3.05) is 27.3 Å². The van der Waals surface area contributed by atoms with E-state index >= 15 is 0 Å². The predicted octanol–water partition coefficient (Wildman–Crippen LogP) is 2.29. The summed E-state index contributed by atoms with van der Waals surface area (Å²) in [4.78, 5) is 0. The zero-order valence-corrected chi connectivity index (χ0v) is 9.34. The lowest BCUT2D eigenvalue weighted by atomic mass is 10.0. The molecule has 0 amide bonds. The number of hydrogen-bond acceptors (Lipinski definition) is 2. The first-order valence-corrected chi connectivity index (χ1v) is 5.04. The van der Waals surface area contributed by atoms with Crippen LogP contribution >= 0.6 is 11.6 Å². The molecule has 0 fully saturated rings. The van der Waals surface area contributed by atoms with E-state index in [1.807, 2.05) is 31.3 Å². The van der Waals surface area contributed by atoms with Gasteiger partial charge >= 0.3 is 0 Å². The Balaban J connectivity index is 2.71. The van der Waals surface area contributed by atoms with Crippen LogP contribution in [0, 0.1) is 0 Å². The van der Waals surface area contributed by atoms with Crippen LogP contribution in [-0.2, 0) is 4.74 Å². The highest BCUT2D eigenvalue weighted by atomic mass is 35.5. The smallest absolute Gasteiger partial charge is 0.0543 e.